The number of methoxy groups -OCH3 is 1. The average molecular weight is 399 g/mol. The molecule has 6 heteroatoms. The number of nitrogens with zero attached hydrogens (tertiary/aromatic N) is 1. The van der Waals surface area contributed by atoms with Gasteiger partial charge in [-0.1, -0.05) is 46.2 Å². The minimum absolute atomic E-state index is 0.0275. The van der Waals surface area contributed by atoms with E-state index < -0.39 is 23.5 Å². The molecule has 2 atom stereocenters. The van der Waals surface area contributed by atoms with Crippen LogP contribution in [0.2, 0.25) is 0 Å². The lowest BCUT2D eigenvalue weighted by Gasteiger charge is -2.22. The Morgan fingerprint density at radius 2 is 1.86 bits per heavy atom. The Kier molecular flexibility index (Phi) is 7.37. The first kappa shape index (κ1) is 22.4. The van der Waals surface area contributed by atoms with Crippen molar-refractivity contribution < 1.29 is 14.3 Å². The summed E-state index contributed by atoms with van der Waals surface area (Å²) < 4.78 is 6.29. The number of carbonyl (C=O) groups excluding carboxylic acids is 2. The summed E-state index contributed by atoms with van der Waals surface area (Å²) in [6.07, 6.45) is 2.35. The monoisotopic (exact) mass is 398 g/mol. The molecular weight excluding hydrogens is 368 g/mol. The van der Waals surface area contributed by atoms with Gasteiger partial charge < -0.3 is 10.1 Å². The lowest BCUT2D eigenvalue weighted by molar-refractivity contribution is -0.144. The van der Waals surface area contributed by atoms with Gasteiger partial charge in [0.05, 0.1) is 7.11 Å². The smallest absolute Gasteiger partial charge is 0.328 e. The number of amides is 1. The number of rotatable bonds is 7. The zero-order chi connectivity index (χ0) is 21.7. The molecule has 0 spiro atoms. The predicted octanol–water partition coefficient (Wildman–Crippen LogP) is 3.59. The molecule has 0 saturated heterocycles. The van der Waals surface area contributed by atoms with E-state index in [1.54, 1.807) is 19.2 Å². The Hall–Kier alpha value is -2.89. The summed E-state index contributed by atoms with van der Waals surface area (Å²) in [4.78, 5) is 38.2. The Morgan fingerprint density at radius 3 is 2.45 bits per heavy atom. The van der Waals surface area contributed by atoms with Crippen LogP contribution in [0.1, 0.15) is 61.5 Å². The van der Waals surface area contributed by atoms with E-state index in [0.29, 0.717) is 23.6 Å². The Bertz CT molecular complexity index is 946. The van der Waals surface area contributed by atoms with Crippen molar-refractivity contribution in [2.45, 2.75) is 53.0 Å². The molecule has 1 heterocycles. The molecule has 0 aliphatic heterocycles. The molecule has 0 aliphatic carbocycles. The fourth-order valence-electron chi connectivity index (χ4n) is 3.15. The summed E-state index contributed by atoms with van der Waals surface area (Å²) in [6, 6.07) is 8.60. The molecule has 0 fully saturated rings. The summed E-state index contributed by atoms with van der Waals surface area (Å²) >= 11 is 0. The molecule has 2 rings (SSSR count). The van der Waals surface area contributed by atoms with Crippen LogP contribution in [0, 0.1) is 12.8 Å². The molecule has 0 radical (unpaired) electrons. The Labute approximate surface area is 171 Å². The SMILES string of the molecule is CC[C@H](C)[C@H](NC(=O)c1c(C)ccn(-c2cccc(C(C)C)c2)c1=O)C(=O)OC. The summed E-state index contributed by atoms with van der Waals surface area (Å²) in [5.74, 6) is -0.903. The lowest BCUT2D eigenvalue weighted by Crippen LogP contribution is -2.47. The van der Waals surface area contributed by atoms with E-state index in [9.17, 15) is 14.4 Å². The maximum Gasteiger partial charge on any atom is 0.328 e. The van der Waals surface area contributed by atoms with Crippen molar-refractivity contribution in [2.24, 2.45) is 5.92 Å². The quantitative estimate of drug-likeness (QED) is 0.723. The van der Waals surface area contributed by atoms with Gasteiger partial charge in [0.15, 0.2) is 0 Å². The maximum absolute atomic E-state index is 13.2. The van der Waals surface area contributed by atoms with Gasteiger partial charge in [-0.2, -0.15) is 0 Å². The van der Waals surface area contributed by atoms with Crippen LogP contribution in [0.15, 0.2) is 41.3 Å². The van der Waals surface area contributed by atoms with Gasteiger partial charge in [-0.05, 0) is 48.1 Å². The highest BCUT2D eigenvalue weighted by Gasteiger charge is 2.28. The number of esters is 1. The van der Waals surface area contributed by atoms with E-state index in [0.717, 1.165) is 5.56 Å². The van der Waals surface area contributed by atoms with Crippen molar-refractivity contribution in [3.05, 3.63) is 63.6 Å². The van der Waals surface area contributed by atoms with E-state index in [2.05, 4.69) is 19.2 Å². The van der Waals surface area contributed by atoms with Crippen LogP contribution < -0.4 is 10.9 Å². The molecule has 6 nitrogen and oxygen atoms in total. The molecule has 1 amide bonds. The number of hydrogen-bond donors (Lipinski definition) is 1. The number of pyridine rings is 1. The minimum atomic E-state index is -0.811. The van der Waals surface area contributed by atoms with Crippen LogP contribution in [0.25, 0.3) is 5.69 Å². The van der Waals surface area contributed by atoms with Gasteiger partial charge in [0.2, 0.25) is 0 Å². The van der Waals surface area contributed by atoms with Gasteiger partial charge in [0.25, 0.3) is 11.5 Å². The second-order valence-corrected chi connectivity index (χ2v) is 7.66. The third-order valence-corrected chi connectivity index (χ3v) is 5.30. The number of aromatic nitrogens is 1. The number of hydrogen-bond acceptors (Lipinski definition) is 4. The van der Waals surface area contributed by atoms with E-state index in [-0.39, 0.29) is 11.5 Å². The third-order valence-electron chi connectivity index (χ3n) is 5.30. The van der Waals surface area contributed by atoms with E-state index >= 15 is 0 Å². The second kappa shape index (κ2) is 9.54. The number of carbonyl (C=O) groups is 2. The second-order valence-electron chi connectivity index (χ2n) is 7.66. The van der Waals surface area contributed by atoms with Crippen LogP contribution in [0.3, 0.4) is 0 Å². The van der Waals surface area contributed by atoms with Crippen LogP contribution >= 0.6 is 0 Å². The molecule has 1 aromatic heterocycles. The van der Waals surface area contributed by atoms with E-state index in [1.807, 2.05) is 38.1 Å². The zero-order valence-electron chi connectivity index (χ0n) is 18.0. The van der Waals surface area contributed by atoms with Gasteiger partial charge in [-0.3, -0.25) is 14.2 Å². The predicted molar refractivity (Wildman–Crippen MR) is 114 cm³/mol. The number of aryl methyl sites for hydroxylation is 1. The number of benzene rings is 1. The fraction of sp³-hybridized carbons (Fsp3) is 0.435. The largest absolute Gasteiger partial charge is 0.467 e. The van der Waals surface area contributed by atoms with Crippen LogP contribution in [-0.4, -0.2) is 29.6 Å². The maximum atomic E-state index is 13.2. The Balaban J connectivity index is 2.47. The van der Waals surface area contributed by atoms with Crippen molar-refractivity contribution in [3.63, 3.8) is 0 Å². The van der Waals surface area contributed by atoms with Crippen molar-refractivity contribution in [1.29, 1.82) is 0 Å². The minimum Gasteiger partial charge on any atom is -0.467 e. The molecule has 0 saturated carbocycles. The van der Waals surface area contributed by atoms with Crippen LogP contribution in [0.5, 0.6) is 0 Å². The first-order chi connectivity index (χ1) is 13.7. The molecule has 0 unspecified atom stereocenters. The van der Waals surface area contributed by atoms with Crippen LogP contribution in [0.4, 0.5) is 0 Å². The van der Waals surface area contributed by atoms with Crippen molar-refractivity contribution in [2.75, 3.05) is 7.11 Å². The molecule has 29 heavy (non-hydrogen) atoms. The number of ether oxygens (including phenoxy) is 1. The van der Waals surface area contributed by atoms with Gasteiger partial charge in [-0.25, -0.2) is 4.79 Å². The summed E-state index contributed by atoms with van der Waals surface area (Å²) in [6.45, 7) is 9.65. The molecular formula is C23H30N2O4. The average Bonchev–Trinajstić information content (AvgIpc) is 2.71. The van der Waals surface area contributed by atoms with Crippen LogP contribution in [-0.2, 0) is 9.53 Å². The van der Waals surface area contributed by atoms with E-state index in [4.69, 9.17) is 4.74 Å². The van der Waals surface area contributed by atoms with Gasteiger partial charge in [-0.15, -0.1) is 0 Å². The van der Waals surface area contributed by atoms with E-state index in [1.165, 1.54) is 11.7 Å². The highest BCUT2D eigenvalue weighted by molar-refractivity contribution is 5.97. The first-order valence-corrected chi connectivity index (χ1v) is 9.92. The molecule has 0 bridgehead atoms. The molecule has 156 valence electrons. The van der Waals surface area contributed by atoms with Gasteiger partial charge >= 0.3 is 5.97 Å². The molecule has 2 aromatic rings. The van der Waals surface area contributed by atoms with Crippen molar-refractivity contribution in [3.8, 4) is 5.69 Å². The third kappa shape index (κ3) is 4.94. The van der Waals surface area contributed by atoms with Gasteiger partial charge in [0.1, 0.15) is 11.6 Å². The molecule has 1 aromatic carbocycles. The fourth-order valence-corrected chi connectivity index (χ4v) is 3.15. The molecule has 1 N–H and O–H groups in total. The summed E-state index contributed by atoms with van der Waals surface area (Å²) in [5, 5.41) is 2.70. The normalized spacial score (nSPS) is 13.1. The zero-order valence-corrected chi connectivity index (χ0v) is 18.0. The standard InChI is InChI=1S/C23H30N2O4/c1-7-15(4)20(23(28)29-6)24-21(26)19-16(5)11-12-25(22(19)27)18-10-8-9-17(13-18)14(2)3/h8-15,20H,7H2,1-6H3,(H,24,26)/t15-,20-/m0/s1. The highest BCUT2D eigenvalue weighted by Crippen LogP contribution is 2.18. The van der Waals surface area contributed by atoms with Gasteiger partial charge in [0, 0.05) is 11.9 Å². The Morgan fingerprint density at radius 1 is 1.17 bits per heavy atom. The molecule has 0 aliphatic rings. The van der Waals surface area contributed by atoms with Crippen molar-refractivity contribution >= 4 is 11.9 Å². The topological polar surface area (TPSA) is 77.4 Å². The summed E-state index contributed by atoms with van der Waals surface area (Å²) in [5.41, 5.74) is 1.96. The first-order valence-electron chi connectivity index (χ1n) is 9.92. The highest BCUT2D eigenvalue weighted by atomic mass is 16.5. The van der Waals surface area contributed by atoms with Crippen molar-refractivity contribution in [1.82, 2.24) is 9.88 Å². The lowest BCUT2D eigenvalue weighted by atomic mass is 9.98. The number of nitrogens with one attached hydrogen (secondary N) is 1. The summed E-state index contributed by atoms with van der Waals surface area (Å²) in [7, 11) is 1.28.